The van der Waals surface area contributed by atoms with Crippen molar-refractivity contribution in [2.24, 2.45) is 0 Å². The predicted octanol–water partition coefficient (Wildman–Crippen LogP) is 11.2. The molecule has 222 valence electrons. The van der Waals surface area contributed by atoms with Gasteiger partial charge in [0, 0.05) is 34.5 Å². The molecule has 0 spiro atoms. The van der Waals surface area contributed by atoms with E-state index < -0.39 is 0 Å². The fraction of sp³-hybridized carbons (Fsp3) is 0.0682. The summed E-state index contributed by atoms with van der Waals surface area (Å²) < 4.78 is 0. The first-order chi connectivity index (χ1) is 23.0. The number of benzene rings is 6. The van der Waals surface area contributed by atoms with Gasteiger partial charge in [-0.1, -0.05) is 111 Å². The average molecular weight is 602 g/mol. The highest BCUT2D eigenvalue weighted by molar-refractivity contribution is 6.10. The molecular formula is C44H31N3. The summed E-state index contributed by atoms with van der Waals surface area (Å²) in [5.74, 6) is 0.710. The van der Waals surface area contributed by atoms with Crippen LogP contribution in [0.15, 0.2) is 152 Å². The predicted molar refractivity (Wildman–Crippen MR) is 194 cm³/mol. The summed E-state index contributed by atoms with van der Waals surface area (Å²) in [6.07, 6.45) is 3.66. The summed E-state index contributed by atoms with van der Waals surface area (Å²) in [5, 5.41) is 4.95. The third kappa shape index (κ3) is 4.54. The summed E-state index contributed by atoms with van der Waals surface area (Å²) in [4.78, 5) is 14.5. The van der Waals surface area contributed by atoms with Crippen molar-refractivity contribution in [3.63, 3.8) is 0 Å². The smallest absolute Gasteiger partial charge is 0.160 e. The van der Waals surface area contributed by atoms with Crippen molar-refractivity contribution >= 4 is 21.5 Å². The second kappa shape index (κ2) is 10.6. The van der Waals surface area contributed by atoms with E-state index in [0.29, 0.717) is 5.82 Å². The minimum Gasteiger partial charge on any atom is -0.265 e. The zero-order chi connectivity index (χ0) is 31.5. The van der Waals surface area contributed by atoms with E-state index >= 15 is 0 Å². The number of nitrogens with zero attached hydrogens (tertiary/aromatic N) is 3. The number of aromatic nitrogens is 3. The molecule has 0 radical (unpaired) electrons. The molecule has 0 amide bonds. The van der Waals surface area contributed by atoms with Crippen molar-refractivity contribution in [1.82, 2.24) is 15.0 Å². The summed E-state index contributed by atoms with van der Waals surface area (Å²) in [6, 6.07) is 49.9. The monoisotopic (exact) mass is 601 g/mol. The molecule has 0 N–H and O–H groups in total. The van der Waals surface area contributed by atoms with Gasteiger partial charge in [-0.15, -0.1) is 0 Å². The maximum Gasteiger partial charge on any atom is 0.160 e. The molecule has 0 atom stereocenters. The van der Waals surface area contributed by atoms with Gasteiger partial charge in [0.25, 0.3) is 0 Å². The van der Waals surface area contributed by atoms with Crippen molar-refractivity contribution in [3.05, 3.63) is 163 Å². The Morgan fingerprint density at radius 2 is 1.13 bits per heavy atom. The maximum atomic E-state index is 5.17. The van der Waals surface area contributed by atoms with E-state index in [2.05, 4.69) is 140 Å². The zero-order valence-corrected chi connectivity index (χ0v) is 26.3. The van der Waals surface area contributed by atoms with E-state index in [-0.39, 0.29) is 5.41 Å². The summed E-state index contributed by atoms with van der Waals surface area (Å²) in [5.41, 5.74) is 12.6. The van der Waals surface area contributed by atoms with E-state index in [9.17, 15) is 0 Å². The van der Waals surface area contributed by atoms with Crippen molar-refractivity contribution in [2.45, 2.75) is 19.3 Å². The van der Waals surface area contributed by atoms with Crippen LogP contribution in [0.1, 0.15) is 25.0 Å². The second-order valence-electron chi connectivity index (χ2n) is 12.9. The van der Waals surface area contributed by atoms with Crippen LogP contribution in [-0.4, -0.2) is 15.0 Å². The van der Waals surface area contributed by atoms with Crippen LogP contribution in [0.4, 0.5) is 0 Å². The Kier molecular flexibility index (Phi) is 6.16. The van der Waals surface area contributed by atoms with Gasteiger partial charge in [0.1, 0.15) is 0 Å². The molecule has 0 saturated carbocycles. The molecule has 0 unspecified atom stereocenters. The number of hydrogen-bond donors (Lipinski definition) is 0. The zero-order valence-electron chi connectivity index (χ0n) is 26.3. The third-order valence-corrected chi connectivity index (χ3v) is 9.76. The largest absolute Gasteiger partial charge is 0.265 e. The Balaban J connectivity index is 1.19. The van der Waals surface area contributed by atoms with Gasteiger partial charge in [-0.3, -0.25) is 4.98 Å². The molecule has 1 aliphatic rings. The van der Waals surface area contributed by atoms with Crippen molar-refractivity contribution in [2.75, 3.05) is 0 Å². The standard InChI is InChI=1S/C44H31N3/c1-44(2)39-14-7-6-13-36(39)38-26-37-32(25-40(38)44)16-15-31-24-34(17-18-35(31)37)43-46-41(29-9-4-3-5-10-29)27-42(47-43)33-12-8-11-30(23-33)28-19-21-45-22-20-28/h3-27H,1-2H3. The van der Waals surface area contributed by atoms with Crippen LogP contribution in [-0.2, 0) is 5.41 Å². The summed E-state index contributed by atoms with van der Waals surface area (Å²) in [6.45, 7) is 4.67. The lowest BCUT2D eigenvalue weighted by atomic mass is 9.81. The molecule has 0 bridgehead atoms. The summed E-state index contributed by atoms with van der Waals surface area (Å²) in [7, 11) is 0. The number of pyridine rings is 1. The lowest BCUT2D eigenvalue weighted by Gasteiger charge is -2.21. The fourth-order valence-corrected chi connectivity index (χ4v) is 7.28. The normalized spacial score (nSPS) is 13.1. The molecule has 0 fully saturated rings. The molecule has 47 heavy (non-hydrogen) atoms. The van der Waals surface area contributed by atoms with Gasteiger partial charge in [0.2, 0.25) is 0 Å². The SMILES string of the molecule is CC1(C)c2ccccc2-c2cc3c(ccc4cc(-c5nc(-c6ccccc6)cc(-c6cccc(-c7ccncc7)c6)n5)ccc43)cc21. The maximum absolute atomic E-state index is 5.17. The highest BCUT2D eigenvalue weighted by Gasteiger charge is 2.35. The molecule has 3 heteroatoms. The van der Waals surface area contributed by atoms with Gasteiger partial charge in [-0.05, 0) is 97.4 Å². The van der Waals surface area contributed by atoms with Crippen LogP contribution >= 0.6 is 0 Å². The Labute approximate surface area is 274 Å². The van der Waals surface area contributed by atoms with Crippen molar-refractivity contribution < 1.29 is 0 Å². The lowest BCUT2D eigenvalue weighted by molar-refractivity contribution is 0.661. The molecule has 6 aromatic carbocycles. The molecule has 0 saturated heterocycles. The molecule has 1 aliphatic carbocycles. The van der Waals surface area contributed by atoms with Crippen LogP contribution in [0.3, 0.4) is 0 Å². The first-order valence-corrected chi connectivity index (χ1v) is 16.1. The molecule has 3 nitrogen and oxygen atoms in total. The summed E-state index contributed by atoms with van der Waals surface area (Å²) >= 11 is 0. The Hall–Kier alpha value is -5.93. The minimum atomic E-state index is -0.0183. The van der Waals surface area contributed by atoms with Gasteiger partial charge in [-0.2, -0.15) is 0 Å². The molecular weight excluding hydrogens is 571 g/mol. The van der Waals surface area contributed by atoms with Crippen LogP contribution in [0, 0.1) is 0 Å². The molecule has 2 heterocycles. The van der Waals surface area contributed by atoms with E-state index in [4.69, 9.17) is 9.97 Å². The Morgan fingerprint density at radius 3 is 1.96 bits per heavy atom. The number of hydrogen-bond acceptors (Lipinski definition) is 3. The van der Waals surface area contributed by atoms with Crippen LogP contribution in [0.2, 0.25) is 0 Å². The molecule has 0 aliphatic heterocycles. The van der Waals surface area contributed by atoms with Crippen molar-refractivity contribution in [3.8, 4) is 56.2 Å². The molecule has 8 aromatic rings. The number of fused-ring (bicyclic) bond motifs is 6. The van der Waals surface area contributed by atoms with Gasteiger partial charge in [0.05, 0.1) is 11.4 Å². The molecule has 2 aromatic heterocycles. The van der Waals surface area contributed by atoms with E-state index in [0.717, 1.165) is 39.2 Å². The molecule has 9 rings (SSSR count). The third-order valence-electron chi connectivity index (χ3n) is 9.76. The van der Waals surface area contributed by atoms with Crippen LogP contribution in [0.5, 0.6) is 0 Å². The quantitative estimate of drug-likeness (QED) is 0.188. The van der Waals surface area contributed by atoms with Crippen molar-refractivity contribution in [1.29, 1.82) is 0 Å². The Morgan fingerprint density at radius 1 is 0.426 bits per heavy atom. The topological polar surface area (TPSA) is 38.7 Å². The van der Waals surface area contributed by atoms with E-state index in [1.165, 1.54) is 43.8 Å². The minimum absolute atomic E-state index is 0.0183. The highest BCUT2D eigenvalue weighted by atomic mass is 14.9. The average Bonchev–Trinajstić information content (AvgIpc) is 3.36. The Bertz CT molecular complexity index is 2480. The highest BCUT2D eigenvalue weighted by Crippen LogP contribution is 2.50. The van der Waals surface area contributed by atoms with Crippen LogP contribution < -0.4 is 0 Å². The first-order valence-electron chi connectivity index (χ1n) is 16.1. The fourth-order valence-electron chi connectivity index (χ4n) is 7.28. The van der Waals surface area contributed by atoms with Gasteiger partial charge < -0.3 is 0 Å². The number of rotatable bonds is 4. The van der Waals surface area contributed by atoms with E-state index in [1.807, 2.05) is 30.6 Å². The van der Waals surface area contributed by atoms with Gasteiger partial charge in [-0.25, -0.2) is 9.97 Å². The second-order valence-corrected chi connectivity index (χ2v) is 12.9. The first kappa shape index (κ1) is 27.4. The van der Waals surface area contributed by atoms with Crippen LogP contribution in [0.25, 0.3) is 77.7 Å². The van der Waals surface area contributed by atoms with E-state index in [1.54, 1.807) is 0 Å². The lowest BCUT2D eigenvalue weighted by Crippen LogP contribution is -2.14. The van der Waals surface area contributed by atoms with Gasteiger partial charge >= 0.3 is 0 Å². The van der Waals surface area contributed by atoms with Gasteiger partial charge in [0.15, 0.2) is 5.82 Å².